The van der Waals surface area contributed by atoms with Crippen LogP contribution < -0.4 is 0 Å². The first-order valence-corrected chi connectivity index (χ1v) is 8.29. The number of carbonyl (C=O) groups is 1. The van der Waals surface area contributed by atoms with E-state index in [1.165, 1.54) is 17.3 Å². The predicted octanol–water partition coefficient (Wildman–Crippen LogP) is 3.38. The van der Waals surface area contributed by atoms with Crippen molar-refractivity contribution in [2.45, 2.75) is 25.9 Å². The monoisotopic (exact) mass is 319 g/mol. The average molecular weight is 319 g/mol. The summed E-state index contributed by atoms with van der Waals surface area (Å²) in [7, 11) is 0. The summed E-state index contributed by atoms with van der Waals surface area (Å²) in [5, 5.41) is 0. The number of thioether (sulfide) groups is 1. The van der Waals surface area contributed by atoms with Gasteiger partial charge in [0.15, 0.2) is 0 Å². The molecule has 3 nitrogen and oxygen atoms in total. The number of aryl methyl sites for hydroxylation is 1. The van der Waals surface area contributed by atoms with Crippen molar-refractivity contribution >= 4 is 40.3 Å². The zero-order valence-electron chi connectivity index (χ0n) is 11.9. The van der Waals surface area contributed by atoms with E-state index in [-0.39, 0.29) is 12.0 Å². The molecule has 0 N–H and O–H groups in total. The van der Waals surface area contributed by atoms with E-state index >= 15 is 0 Å². The second-order valence-electron chi connectivity index (χ2n) is 5.34. The smallest absolute Gasteiger partial charge is 0.266 e. The molecular weight excluding hydrogens is 302 g/mol. The summed E-state index contributed by atoms with van der Waals surface area (Å²) < 4.78 is 6.23. The molecule has 0 bridgehead atoms. The standard InChI is InChI=1S/C16H17NO2S2/c1-11-4-6-12(7-5-11)9-14-15(18)17(16(20)21-14)10-13-3-2-8-19-13/h4-7,9,13H,2-3,8,10H2,1H3. The van der Waals surface area contributed by atoms with Gasteiger partial charge in [-0.1, -0.05) is 53.8 Å². The third-order valence-electron chi connectivity index (χ3n) is 3.66. The van der Waals surface area contributed by atoms with Gasteiger partial charge >= 0.3 is 0 Å². The molecule has 2 heterocycles. The number of carbonyl (C=O) groups excluding carboxylic acids is 1. The van der Waals surface area contributed by atoms with Crippen LogP contribution in [0.4, 0.5) is 0 Å². The largest absolute Gasteiger partial charge is 0.376 e. The minimum Gasteiger partial charge on any atom is -0.376 e. The van der Waals surface area contributed by atoms with Crippen molar-refractivity contribution in [3.8, 4) is 0 Å². The summed E-state index contributed by atoms with van der Waals surface area (Å²) in [5.41, 5.74) is 2.23. The maximum absolute atomic E-state index is 12.5. The van der Waals surface area contributed by atoms with Gasteiger partial charge in [-0.05, 0) is 31.4 Å². The molecular formula is C16H17NO2S2. The Labute approximate surface area is 134 Å². The van der Waals surface area contributed by atoms with E-state index in [0.29, 0.717) is 15.8 Å². The van der Waals surface area contributed by atoms with E-state index in [4.69, 9.17) is 17.0 Å². The highest BCUT2D eigenvalue weighted by Gasteiger charge is 2.34. The fourth-order valence-corrected chi connectivity index (χ4v) is 3.74. The molecule has 2 saturated heterocycles. The number of hydrogen-bond acceptors (Lipinski definition) is 4. The van der Waals surface area contributed by atoms with Crippen LogP contribution in [-0.2, 0) is 9.53 Å². The number of hydrogen-bond donors (Lipinski definition) is 0. The Kier molecular flexibility index (Phi) is 4.42. The van der Waals surface area contributed by atoms with Crippen LogP contribution in [0.3, 0.4) is 0 Å². The first kappa shape index (κ1) is 14.8. The van der Waals surface area contributed by atoms with Gasteiger partial charge in [0.2, 0.25) is 0 Å². The van der Waals surface area contributed by atoms with Gasteiger partial charge in [0.25, 0.3) is 5.91 Å². The lowest BCUT2D eigenvalue weighted by Gasteiger charge is -2.18. The van der Waals surface area contributed by atoms with E-state index in [1.807, 2.05) is 37.3 Å². The minimum absolute atomic E-state index is 0.000995. The summed E-state index contributed by atoms with van der Waals surface area (Å²) in [6, 6.07) is 8.11. The van der Waals surface area contributed by atoms with E-state index in [9.17, 15) is 4.79 Å². The van der Waals surface area contributed by atoms with Crippen LogP contribution in [0.1, 0.15) is 24.0 Å². The Bertz CT molecular complexity index is 589. The molecule has 1 amide bonds. The third-order valence-corrected chi connectivity index (χ3v) is 5.04. The number of amides is 1. The van der Waals surface area contributed by atoms with Crippen LogP contribution in [-0.4, -0.2) is 34.4 Å². The van der Waals surface area contributed by atoms with Gasteiger partial charge in [-0.2, -0.15) is 0 Å². The van der Waals surface area contributed by atoms with Crippen molar-refractivity contribution in [1.82, 2.24) is 4.90 Å². The van der Waals surface area contributed by atoms with Crippen LogP contribution >= 0.6 is 24.0 Å². The summed E-state index contributed by atoms with van der Waals surface area (Å²) in [5.74, 6) is 0.000995. The topological polar surface area (TPSA) is 29.5 Å². The van der Waals surface area contributed by atoms with Gasteiger partial charge < -0.3 is 4.74 Å². The van der Waals surface area contributed by atoms with Crippen molar-refractivity contribution < 1.29 is 9.53 Å². The van der Waals surface area contributed by atoms with Crippen LogP contribution in [0.5, 0.6) is 0 Å². The molecule has 0 spiro atoms. The molecule has 0 radical (unpaired) electrons. The molecule has 1 unspecified atom stereocenters. The SMILES string of the molecule is Cc1ccc(C=C2SC(=S)N(CC3CCCO3)C2=O)cc1. The molecule has 1 aromatic carbocycles. The molecule has 3 rings (SSSR count). The number of nitrogens with zero attached hydrogens (tertiary/aromatic N) is 1. The number of benzene rings is 1. The third kappa shape index (κ3) is 3.36. The highest BCUT2D eigenvalue weighted by Crippen LogP contribution is 2.33. The highest BCUT2D eigenvalue weighted by atomic mass is 32.2. The molecule has 1 atom stereocenters. The van der Waals surface area contributed by atoms with Gasteiger partial charge in [-0.15, -0.1) is 0 Å². The fraction of sp³-hybridized carbons (Fsp3) is 0.375. The summed E-state index contributed by atoms with van der Waals surface area (Å²) >= 11 is 6.72. The van der Waals surface area contributed by atoms with Gasteiger partial charge in [-0.25, -0.2) is 0 Å². The molecule has 1 aromatic rings. The van der Waals surface area contributed by atoms with Crippen molar-refractivity contribution in [1.29, 1.82) is 0 Å². The van der Waals surface area contributed by atoms with E-state index in [2.05, 4.69) is 0 Å². The Morgan fingerprint density at radius 2 is 2.19 bits per heavy atom. The van der Waals surface area contributed by atoms with E-state index in [1.54, 1.807) is 4.90 Å². The average Bonchev–Trinajstić information content (AvgIpc) is 3.06. The minimum atomic E-state index is 0.000995. The van der Waals surface area contributed by atoms with Crippen molar-refractivity contribution in [2.75, 3.05) is 13.2 Å². The van der Waals surface area contributed by atoms with Gasteiger partial charge in [-0.3, -0.25) is 9.69 Å². The molecule has 2 aliphatic heterocycles. The Hall–Kier alpha value is -1.17. The molecule has 21 heavy (non-hydrogen) atoms. The van der Waals surface area contributed by atoms with Gasteiger partial charge in [0.1, 0.15) is 4.32 Å². The molecule has 2 fully saturated rings. The van der Waals surface area contributed by atoms with Crippen LogP contribution in [0.25, 0.3) is 6.08 Å². The Morgan fingerprint density at radius 1 is 1.43 bits per heavy atom. The first-order valence-electron chi connectivity index (χ1n) is 7.07. The zero-order chi connectivity index (χ0) is 14.8. The predicted molar refractivity (Wildman–Crippen MR) is 90.0 cm³/mol. The maximum Gasteiger partial charge on any atom is 0.266 e. The van der Waals surface area contributed by atoms with Crippen LogP contribution in [0.2, 0.25) is 0 Å². The number of ether oxygens (including phenoxy) is 1. The van der Waals surface area contributed by atoms with Crippen molar-refractivity contribution in [3.05, 3.63) is 40.3 Å². The lowest BCUT2D eigenvalue weighted by atomic mass is 10.1. The molecule has 0 saturated carbocycles. The molecule has 110 valence electrons. The molecule has 0 aliphatic carbocycles. The van der Waals surface area contributed by atoms with Crippen LogP contribution in [0, 0.1) is 6.92 Å². The lowest BCUT2D eigenvalue weighted by Crippen LogP contribution is -2.35. The molecule has 5 heteroatoms. The van der Waals surface area contributed by atoms with Gasteiger partial charge in [0.05, 0.1) is 17.6 Å². The number of rotatable bonds is 3. The van der Waals surface area contributed by atoms with Gasteiger partial charge in [0, 0.05) is 6.61 Å². The maximum atomic E-state index is 12.5. The van der Waals surface area contributed by atoms with Crippen LogP contribution in [0.15, 0.2) is 29.2 Å². The molecule has 2 aliphatic rings. The van der Waals surface area contributed by atoms with E-state index < -0.39 is 0 Å². The lowest BCUT2D eigenvalue weighted by molar-refractivity contribution is -0.123. The quantitative estimate of drug-likeness (QED) is 0.631. The fourth-order valence-electron chi connectivity index (χ4n) is 2.46. The second-order valence-corrected chi connectivity index (χ2v) is 7.01. The zero-order valence-corrected chi connectivity index (χ0v) is 13.5. The summed E-state index contributed by atoms with van der Waals surface area (Å²) in [6.07, 6.45) is 4.12. The second kappa shape index (κ2) is 6.30. The normalized spacial score (nSPS) is 24.3. The first-order chi connectivity index (χ1) is 10.1. The van der Waals surface area contributed by atoms with E-state index in [0.717, 1.165) is 25.0 Å². The van der Waals surface area contributed by atoms with Crippen molar-refractivity contribution in [3.63, 3.8) is 0 Å². The summed E-state index contributed by atoms with van der Waals surface area (Å²) in [4.78, 5) is 14.8. The Morgan fingerprint density at radius 3 is 2.86 bits per heavy atom. The van der Waals surface area contributed by atoms with Crippen molar-refractivity contribution in [2.24, 2.45) is 0 Å². The highest BCUT2D eigenvalue weighted by molar-refractivity contribution is 8.26. The summed E-state index contributed by atoms with van der Waals surface area (Å²) in [6.45, 7) is 3.42. The Balaban J connectivity index is 1.74. The number of thiocarbonyl (C=S) groups is 1. The molecule has 0 aromatic heterocycles.